The summed E-state index contributed by atoms with van der Waals surface area (Å²) in [6.45, 7) is 8.23. The van der Waals surface area contributed by atoms with Crippen LogP contribution in [-0.4, -0.2) is 79.3 Å². The smallest absolute Gasteiger partial charge is 0.428 e. The monoisotopic (exact) mass is 612 g/mol. The van der Waals surface area contributed by atoms with Gasteiger partial charge in [-0.3, -0.25) is 19.8 Å². The molecule has 1 fully saturated rings. The third-order valence-electron chi connectivity index (χ3n) is 7.44. The second-order valence-electron chi connectivity index (χ2n) is 11.0. The van der Waals surface area contributed by atoms with E-state index in [0.29, 0.717) is 51.5 Å². The fourth-order valence-electron chi connectivity index (χ4n) is 5.09. The van der Waals surface area contributed by atoms with Crippen LogP contribution >= 0.6 is 0 Å². The van der Waals surface area contributed by atoms with E-state index < -0.39 is 48.0 Å². The number of unbranched alkanes of at least 4 members (excludes halogenated alkanes) is 2. The Morgan fingerprint density at radius 1 is 0.744 bits per heavy atom. The normalized spacial score (nSPS) is 15.4. The maximum atomic E-state index is 13.5. The molecule has 1 aliphatic carbocycles. The molecule has 0 unspecified atom stereocenters. The molecular formula is C30H56N6O7. The number of rotatable bonds is 19. The number of nitrogens with zero attached hydrogens (tertiary/aromatic N) is 1. The Bertz CT molecular complexity index is 853. The third kappa shape index (κ3) is 15.3. The van der Waals surface area contributed by atoms with Gasteiger partial charge in [0.1, 0.15) is 18.1 Å². The molecule has 0 bridgehead atoms. The average Bonchev–Trinajstić information content (AvgIpc) is 2.98. The molecule has 0 aromatic rings. The highest BCUT2D eigenvalue weighted by molar-refractivity contribution is 5.94. The van der Waals surface area contributed by atoms with Gasteiger partial charge in [-0.05, 0) is 64.8 Å². The minimum absolute atomic E-state index is 0.156. The highest BCUT2D eigenvalue weighted by Gasteiger charge is 2.32. The molecule has 0 spiro atoms. The van der Waals surface area contributed by atoms with E-state index >= 15 is 0 Å². The van der Waals surface area contributed by atoms with E-state index in [1.807, 2.05) is 13.8 Å². The maximum absolute atomic E-state index is 13.5. The summed E-state index contributed by atoms with van der Waals surface area (Å²) in [6.07, 6.45) is 8.25. The predicted molar refractivity (Wildman–Crippen MR) is 164 cm³/mol. The van der Waals surface area contributed by atoms with Crippen molar-refractivity contribution in [2.75, 3.05) is 26.3 Å². The summed E-state index contributed by atoms with van der Waals surface area (Å²) >= 11 is 0. The van der Waals surface area contributed by atoms with Crippen molar-refractivity contribution in [2.24, 2.45) is 11.7 Å². The lowest BCUT2D eigenvalue weighted by Gasteiger charge is -2.29. The summed E-state index contributed by atoms with van der Waals surface area (Å²) in [5, 5.41) is 9.40. The zero-order chi connectivity index (χ0) is 32.0. The van der Waals surface area contributed by atoms with Gasteiger partial charge in [0.2, 0.25) is 11.8 Å². The van der Waals surface area contributed by atoms with Crippen molar-refractivity contribution in [3.8, 4) is 0 Å². The minimum Gasteiger partial charge on any atom is -0.450 e. The van der Waals surface area contributed by atoms with Crippen LogP contribution in [-0.2, 0) is 23.9 Å². The fraction of sp³-hybridized carbons (Fsp3) is 0.833. The van der Waals surface area contributed by atoms with E-state index in [-0.39, 0.29) is 25.7 Å². The molecule has 13 heteroatoms. The number of carbonyl (C=O) groups excluding carboxylic acids is 5. The Hall–Kier alpha value is -3.09. The molecule has 0 saturated heterocycles. The van der Waals surface area contributed by atoms with Gasteiger partial charge in [0.25, 0.3) is 5.91 Å². The van der Waals surface area contributed by atoms with Crippen molar-refractivity contribution in [3.05, 3.63) is 0 Å². The summed E-state index contributed by atoms with van der Waals surface area (Å²) in [4.78, 5) is 64.9. The molecular weight excluding hydrogens is 556 g/mol. The van der Waals surface area contributed by atoms with Crippen molar-refractivity contribution in [1.29, 1.82) is 0 Å². The van der Waals surface area contributed by atoms with Crippen LogP contribution in [0.1, 0.15) is 111 Å². The molecule has 0 heterocycles. The van der Waals surface area contributed by atoms with Crippen LogP contribution in [0, 0.1) is 5.92 Å². The molecule has 1 aliphatic rings. The molecule has 5 amide bonds. The molecule has 0 radical (unpaired) electrons. The number of nitrogens with two attached hydrogens (primary N) is 1. The van der Waals surface area contributed by atoms with Gasteiger partial charge in [0, 0.05) is 6.54 Å². The van der Waals surface area contributed by atoms with Crippen molar-refractivity contribution in [2.45, 2.75) is 129 Å². The lowest BCUT2D eigenvalue weighted by Crippen LogP contribution is -2.58. The SMILES string of the molecule is CCCCN(NC(=O)[C@H](CCC)NC(=O)[C@H](CCCCN)NC(=O)[C@H](CC1CCCCC1)NC(=O)OCC)C(=O)OCC. The topological polar surface area (TPSA) is 181 Å². The number of ether oxygens (including phenoxy) is 2. The zero-order valence-corrected chi connectivity index (χ0v) is 26.7. The number of hydrogen-bond donors (Lipinski definition) is 5. The van der Waals surface area contributed by atoms with E-state index in [4.69, 9.17) is 15.2 Å². The van der Waals surface area contributed by atoms with Crippen molar-refractivity contribution in [3.63, 3.8) is 0 Å². The quantitative estimate of drug-likeness (QED) is 0.109. The van der Waals surface area contributed by atoms with E-state index in [0.717, 1.165) is 43.5 Å². The van der Waals surface area contributed by atoms with Crippen LogP contribution in [0.25, 0.3) is 0 Å². The summed E-state index contributed by atoms with van der Waals surface area (Å²) in [7, 11) is 0. The molecule has 248 valence electrons. The molecule has 3 atom stereocenters. The van der Waals surface area contributed by atoms with Gasteiger partial charge in [-0.2, -0.15) is 0 Å². The van der Waals surface area contributed by atoms with Crippen molar-refractivity contribution < 1.29 is 33.4 Å². The Morgan fingerprint density at radius 3 is 1.95 bits per heavy atom. The predicted octanol–water partition coefficient (Wildman–Crippen LogP) is 3.26. The van der Waals surface area contributed by atoms with Gasteiger partial charge in [-0.1, -0.05) is 58.8 Å². The van der Waals surface area contributed by atoms with E-state index in [1.54, 1.807) is 13.8 Å². The summed E-state index contributed by atoms with van der Waals surface area (Å²) in [5.74, 6) is -1.27. The molecule has 0 aromatic heterocycles. The Morgan fingerprint density at radius 2 is 1.37 bits per heavy atom. The van der Waals surface area contributed by atoms with Crippen LogP contribution in [0.3, 0.4) is 0 Å². The Balaban J connectivity index is 3.07. The van der Waals surface area contributed by atoms with Gasteiger partial charge in [0.15, 0.2) is 0 Å². The molecule has 43 heavy (non-hydrogen) atoms. The Labute approximate surface area is 257 Å². The van der Waals surface area contributed by atoms with Crippen LogP contribution in [0.4, 0.5) is 9.59 Å². The highest BCUT2D eigenvalue weighted by atomic mass is 16.6. The first kappa shape index (κ1) is 37.9. The molecule has 1 rings (SSSR count). The van der Waals surface area contributed by atoms with Gasteiger partial charge in [-0.25, -0.2) is 14.6 Å². The van der Waals surface area contributed by atoms with Gasteiger partial charge >= 0.3 is 12.2 Å². The van der Waals surface area contributed by atoms with E-state index in [1.165, 1.54) is 0 Å². The first-order chi connectivity index (χ1) is 20.7. The van der Waals surface area contributed by atoms with E-state index in [2.05, 4.69) is 21.4 Å². The molecule has 0 aliphatic heterocycles. The largest absolute Gasteiger partial charge is 0.450 e. The number of carbonyl (C=O) groups is 5. The first-order valence-corrected chi connectivity index (χ1v) is 16.2. The fourth-order valence-corrected chi connectivity index (χ4v) is 5.09. The van der Waals surface area contributed by atoms with Crippen LogP contribution in [0.15, 0.2) is 0 Å². The van der Waals surface area contributed by atoms with Crippen molar-refractivity contribution >= 4 is 29.9 Å². The first-order valence-electron chi connectivity index (χ1n) is 16.2. The summed E-state index contributed by atoms with van der Waals surface area (Å²) in [5.41, 5.74) is 8.27. The summed E-state index contributed by atoms with van der Waals surface area (Å²) < 4.78 is 10.1. The number of nitrogens with one attached hydrogen (secondary N) is 4. The van der Waals surface area contributed by atoms with Gasteiger partial charge in [0.05, 0.1) is 13.2 Å². The summed E-state index contributed by atoms with van der Waals surface area (Å²) in [6, 6.07) is -2.76. The van der Waals surface area contributed by atoms with Crippen LogP contribution < -0.4 is 27.1 Å². The average molecular weight is 613 g/mol. The third-order valence-corrected chi connectivity index (χ3v) is 7.44. The van der Waals surface area contributed by atoms with Gasteiger partial charge in [-0.15, -0.1) is 0 Å². The standard InChI is InChI=1S/C30H56N6O7/c1-5-9-20-36(30(41)43-8-4)35-28(39)23(15-6-2)32-26(37)24(18-13-14-19-31)33-27(38)25(34-29(40)42-7-3)21-22-16-11-10-12-17-22/h22-25H,5-21,31H2,1-4H3,(H,32,37)(H,33,38)(H,34,40)(H,35,39)/t23-,24-,25-/m0/s1. The molecule has 6 N–H and O–H groups in total. The van der Waals surface area contributed by atoms with Crippen LogP contribution in [0.5, 0.6) is 0 Å². The van der Waals surface area contributed by atoms with Gasteiger partial charge < -0.3 is 31.2 Å². The zero-order valence-electron chi connectivity index (χ0n) is 26.7. The maximum Gasteiger partial charge on any atom is 0.428 e. The second kappa shape index (κ2) is 22.4. The Kier molecular flexibility index (Phi) is 19.8. The molecule has 1 saturated carbocycles. The van der Waals surface area contributed by atoms with Crippen LogP contribution in [0.2, 0.25) is 0 Å². The minimum atomic E-state index is -0.953. The highest BCUT2D eigenvalue weighted by Crippen LogP contribution is 2.27. The molecule has 13 nitrogen and oxygen atoms in total. The van der Waals surface area contributed by atoms with Crippen molar-refractivity contribution in [1.82, 2.24) is 26.4 Å². The van der Waals surface area contributed by atoms with E-state index in [9.17, 15) is 24.0 Å². The number of amides is 5. The lowest BCUT2D eigenvalue weighted by molar-refractivity contribution is -0.134. The number of hydrogen-bond acceptors (Lipinski definition) is 8. The number of alkyl carbamates (subject to hydrolysis) is 1. The molecule has 0 aromatic carbocycles. The second-order valence-corrected chi connectivity index (χ2v) is 11.0. The number of hydrazine groups is 1. The lowest BCUT2D eigenvalue weighted by atomic mass is 9.84.